The Labute approximate surface area is 136 Å². The molecule has 24 heavy (non-hydrogen) atoms. The fourth-order valence-corrected chi connectivity index (χ4v) is 2.63. The summed E-state index contributed by atoms with van der Waals surface area (Å²) < 4.78 is 12.1. The number of nitrogens with zero attached hydrogens (tertiary/aromatic N) is 3. The number of aromatic nitrogens is 2. The summed E-state index contributed by atoms with van der Waals surface area (Å²) in [5, 5.41) is 16.0. The van der Waals surface area contributed by atoms with Crippen molar-refractivity contribution in [3.8, 4) is 11.6 Å². The molecule has 0 spiro atoms. The average molecular weight is 329 g/mol. The van der Waals surface area contributed by atoms with E-state index in [1.807, 2.05) is 6.92 Å². The minimum absolute atomic E-state index is 0.0193. The Morgan fingerprint density at radius 2 is 2.12 bits per heavy atom. The molecule has 0 aliphatic carbocycles. The molecule has 3 rings (SSSR count). The van der Waals surface area contributed by atoms with Crippen LogP contribution in [0.5, 0.6) is 11.6 Å². The zero-order valence-corrected chi connectivity index (χ0v) is 13.4. The van der Waals surface area contributed by atoms with E-state index >= 15 is 0 Å². The quantitative estimate of drug-likeness (QED) is 0.414. The third-order valence-electron chi connectivity index (χ3n) is 3.72. The summed E-state index contributed by atoms with van der Waals surface area (Å²) in [6.45, 7) is 3.48. The Balaban J connectivity index is 2.09. The summed E-state index contributed by atoms with van der Waals surface area (Å²) >= 11 is 0. The molecular formula is C16H15N3O5. The second-order valence-corrected chi connectivity index (χ2v) is 5.32. The molecule has 0 aliphatic rings. The summed E-state index contributed by atoms with van der Waals surface area (Å²) in [5.41, 5.74) is 0.867. The minimum Gasteiger partial charge on any atom is -0.434 e. The Morgan fingerprint density at radius 1 is 1.38 bits per heavy atom. The number of hydrogen-bond donors (Lipinski definition) is 0. The number of benzene rings is 1. The van der Waals surface area contributed by atoms with E-state index in [1.165, 1.54) is 17.7 Å². The van der Waals surface area contributed by atoms with Crippen LogP contribution in [0.25, 0.3) is 11.0 Å². The van der Waals surface area contributed by atoms with Gasteiger partial charge < -0.3 is 9.15 Å². The fraction of sp³-hybridized carbons (Fsp3) is 0.250. The first-order valence-corrected chi connectivity index (χ1v) is 7.33. The van der Waals surface area contributed by atoms with Crippen molar-refractivity contribution in [2.75, 3.05) is 0 Å². The van der Waals surface area contributed by atoms with E-state index in [9.17, 15) is 14.9 Å². The smallest absolute Gasteiger partial charge is 0.353 e. The SMILES string of the molecule is CCc1cc(=O)oc2cc(Oc3c([N+](=O)[O-])c(C)nn3C)ccc12. The summed E-state index contributed by atoms with van der Waals surface area (Å²) in [4.78, 5) is 22.3. The average Bonchev–Trinajstić information content (AvgIpc) is 2.80. The molecule has 0 fully saturated rings. The number of rotatable bonds is 4. The molecule has 0 saturated heterocycles. The summed E-state index contributed by atoms with van der Waals surface area (Å²) in [7, 11) is 1.56. The molecule has 0 radical (unpaired) electrons. The first-order chi connectivity index (χ1) is 11.4. The van der Waals surface area contributed by atoms with E-state index in [1.54, 1.807) is 25.2 Å². The van der Waals surface area contributed by atoms with Crippen molar-refractivity contribution in [3.63, 3.8) is 0 Å². The van der Waals surface area contributed by atoms with Gasteiger partial charge in [-0.1, -0.05) is 6.92 Å². The van der Waals surface area contributed by atoms with Crippen molar-refractivity contribution in [1.82, 2.24) is 9.78 Å². The molecule has 1 aromatic carbocycles. The van der Waals surface area contributed by atoms with Crippen LogP contribution < -0.4 is 10.4 Å². The van der Waals surface area contributed by atoms with Crippen LogP contribution in [0.4, 0.5) is 5.69 Å². The maximum atomic E-state index is 11.6. The lowest BCUT2D eigenvalue weighted by Crippen LogP contribution is -2.01. The maximum absolute atomic E-state index is 11.6. The van der Waals surface area contributed by atoms with Crippen molar-refractivity contribution >= 4 is 16.7 Å². The number of ether oxygens (including phenoxy) is 1. The molecule has 0 amide bonds. The van der Waals surface area contributed by atoms with Crippen LogP contribution in [0, 0.1) is 17.0 Å². The molecule has 8 nitrogen and oxygen atoms in total. The highest BCUT2D eigenvalue weighted by atomic mass is 16.6. The molecule has 2 heterocycles. The number of nitro groups is 1. The highest BCUT2D eigenvalue weighted by molar-refractivity contribution is 5.81. The van der Waals surface area contributed by atoms with Gasteiger partial charge in [-0.25, -0.2) is 9.48 Å². The Hall–Kier alpha value is -3.16. The lowest BCUT2D eigenvalue weighted by Gasteiger charge is -2.07. The zero-order chi connectivity index (χ0) is 17.4. The van der Waals surface area contributed by atoms with Crippen LogP contribution in [-0.4, -0.2) is 14.7 Å². The Bertz CT molecular complexity index is 1000. The number of aryl methyl sites for hydroxylation is 3. The van der Waals surface area contributed by atoms with Gasteiger partial charge in [-0.3, -0.25) is 10.1 Å². The van der Waals surface area contributed by atoms with Gasteiger partial charge in [0.05, 0.1) is 4.92 Å². The molecule has 0 N–H and O–H groups in total. The van der Waals surface area contributed by atoms with Gasteiger partial charge in [-0.2, -0.15) is 5.10 Å². The molecule has 0 unspecified atom stereocenters. The first kappa shape index (κ1) is 15.7. The lowest BCUT2D eigenvalue weighted by atomic mass is 10.1. The fourth-order valence-electron chi connectivity index (χ4n) is 2.63. The lowest BCUT2D eigenvalue weighted by molar-refractivity contribution is -0.386. The predicted octanol–water partition coefficient (Wildman–Crippen LogP) is 3.10. The van der Waals surface area contributed by atoms with Gasteiger partial charge in [-0.15, -0.1) is 0 Å². The van der Waals surface area contributed by atoms with E-state index in [2.05, 4.69) is 5.10 Å². The van der Waals surface area contributed by atoms with Gasteiger partial charge >= 0.3 is 11.3 Å². The van der Waals surface area contributed by atoms with E-state index in [0.29, 0.717) is 17.8 Å². The Morgan fingerprint density at radius 3 is 2.79 bits per heavy atom. The first-order valence-electron chi connectivity index (χ1n) is 7.33. The van der Waals surface area contributed by atoms with Crippen LogP contribution in [0.1, 0.15) is 18.2 Å². The summed E-state index contributed by atoms with van der Waals surface area (Å²) in [5.74, 6) is 0.343. The van der Waals surface area contributed by atoms with Gasteiger partial charge in [0.25, 0.3) is 5.88 Å². The monoisotopic (exact) mass is 329 g/mol. The van der Waals surface area contributed by atoms with Gasteiger partial charge in [0.2, 0.25) is 0 Å². The second kappa shape index (κ2) is 5.80. The topological polar surface area (TPSA) is 100 Å². The van der Waals surface area contributed by atoms with Gasteiger partial charge in [0.15, 0.2) is 0 Å². The molecule has 8 heteroatoms. The number of fused-ring (bicyclic) bond motifs is 1. The van der Waals surface area contributed by atoms with Crippen molar-refractivity contribution in [1.29, 1.82) is 0 Å². The molecule has 0 bridgehead atoms. The maximum Gasteiger partial charge on any atom is 0.353 e. The van der Waals surface area contributed by atoms with Crippen LogP contribution in [0.15, 0.2) is 33.5 Å². The molecule has 0 aliphatic heterocycles. The van der Waals surface area contributed by atoms with E-state index < -0.39 is 10.5 Å². The highest BCUT2D eigenvalue weighted by Crippen LogP contribution is 2.34. The predicted molar refractivity (Wildman–Crippen MR) is 86.5 cm³/mol. The van der Waals surface area contributed by atoms with E-state index in [0.717, 1.165) is 10.9 Å². The molecular weight excluding hydrogens is 314 g/mol. The van der Waals surface area contributed by atoms with E-state index in [4.69, 9.17) is 9.15 Å². The molecule has 0 atom stereocenters. The standard InChI is InChI=1S/C16H15N3O5/c1-4-10-7-14(20)24-13-8-11(5-6-12(10)13)23-16-15(19(21)22)9(2)17-18(16)3/h5-8H,4H2,1-3H3. The molecule has 124 valence electrons. The van der Waals surface area contributed by atoms with Crippen LogP contribution in [0.3, 0.4) is 0 Å². The number of hydrogen-bond acceptors (Lipinski definition) is 6. The van der Waals surface area contributed by atoms with Crippen molar-refractivity contribution in [3.05, 3.63) is 56.1 Å². The minimum atomic E-state index is -0.534. The molecule has 2 aromatic heterocycles. The zero-order valence-electron chi connectivity index (χ0n) is 13.4. The third-order valence-corrected chi connectivity index (χ3v) is 3.72. The van der Waals surface area contributed by atoms with Crippen LogP contribution >= 0.6 is 0 Å². The van der Waals surface area contributed by atoms with Gasteiger partial charge in [0, 0.05) is 24.6 Å². The molecule has 3 aromatic rings. The van der Waals surface area contributed by atoms with Crippen LogP contribution in [-0.2, 0) is 13.5 Å². The van der Waals surface area contributed by atoms with Gasteiger partial charge in [0.1, 0.15) is 17.0 Å². The van der Waals surface area contributed by atoms with Gasteiger partial charge in [-0.05, 0) is 31.0 Å². The highest BCUT2D eigenvalue weighted by Gasteiger charge is 2.26. The normalized spacial score (nSPS) is 11.0. The van der Waals surface area contributed by atoms with Crippen molar-refractivity contribution < 1.29 is 14.1 Å². The Kier molecular flexibility index (Phi) is 3.80. The third kappa shape index (κ3) is 2.62. The second-order valence-electron chi connectivity index (χ2n) is 5.32. The van der Waals surface area contributed by atoms with Crippen molar-refractivity contribution in [2.24, 2.45) is 7.05 Å². The van der Waals surface area contributed by atoms with E-state index in [-0.39, 0.29) is 17.3 Å². The van der Waals surface area contributed by atoms with Crippen LogP contribution in [0.2, 0.25) is 0 Å². The van der Waals surface area contributed by atoms with Crippen molar-refractivity contribution in [2.45, 2.75) is 20.3 Å². The molecule has 0 saturated carbocycles. The summed E-state index contributed by atoms with van der Waals surface area (Å²) in [6, 6.07) is 6.44. The summed E-state index contributed by atoms with van der Waals surface area (Å²) in [6.07, 6.45) is 0.689. The largest absolute Gasteiger partial charge is 0.434 e.